The zero-order valence-corrected chi connectivity index (χ0v) is 26.2. The van der Waals surface area contributed by atoms with E-state index in [0.717, 1.165) is 27.5 Å². The predicted octanol–water partition coefficient (Wildman–Crippen LogP) is 4.36. The van der Waals surface area contributed by atoms with Crippen molar-refractivity contribution in [3.05, 3.63) is 150 Å². The molecule has 5 rings (SSSR count). The molecule has 0 fully saturated rings. The molecule has 9 heteroatoms. The molecule has 0 radical (unpaired) electrons. The summed E-state index contributed by atoms with van der Waals surface area (Å²) in [6.45, 7) is 0. The van der Waals surface area contributed by atoms with Gasteiger partial charge in [0.1, 0.15) is 23.9 Å². The first-order valence-corrected chi connectivity index (χ1v) is 15.7. The SMILES string of the molecule is O=C(Cc1ccc2ccccc2c1)NC(Cc1ccccc1)C(=O)N[C@@H](Cc1ccccc1)C(=O)NC(Cc1ccc(O)cc1)C(=O)O. The molecule has 0 aliphatic carbocycles. The second-order valence-corrected chi connectivity index (χ2v) is 11.7. The maximum Gasteiger partial charge on any atom is 0.326 e. The average Bonchev–Trinajstić information content (AvgIpc) is 3.09. The number of carboxylic acid groups (broad SMARTS) is 1. The van der Waals surface area contributed by atoms with Crippen LogP contribution in [0.4, 0.5) is 0 Å². The van der Waals surface area contributed by atoms with E-state index in [1.807, 2.05) is 103 Å². The Balaban J connectivity index is 1.34. The highest BCUT2D eigenvalue weighted by Gasteiger charge is 2.30. The molecule has 5 aromatic rings. The van der Waals surface area contributed by atoms with Crippen LogP contribution in [-0.2, 0) is 44.9 Å². The molecular formula is C39H37N3O6. The molecule has 0 saturated heterocycles. The second-order valence-electron chi connectivity index (χ2n) is 11.7. The van der Waals surface area contributed by atoms with E-state index in [2.05, 4.69) is 16.0 Å². The Morgan fingerprint density at radius 2 is 0.958 bits per heavy atom. The lowest BCUT2D eigenvalue weighted by Gasteiger charge is -2.25. The molecule has 0 heterocycles. The molecule has 3 atom stereocenters. The Hall–Kier alpha value is -5.96. The normalized spacial score (nSPS) is 12.8. The minimum Gasteiger partial charge on any atom is -0.508 e. The maximum atomic E-state index is 13.9. The lowest BCUT2D eigenvalue weighted by Crippen LogP contribution is -2.57. The van der Waals surface area contributed by atoms with Gasteiger partial charge in [-0.05, 0) is 45.2 Å². The number of fused-ring (bicyclic) bond motifs is 1. The summed E-state index contributed by atoms with van der Waals surface area (Å²) in [5, 5.41) is 29.8. The van der Waals surface area contributed by atoms with Crippen LogP contribution in [0.15, 0.2) is 127 Å². The number of phenols is 1. The molecule has 0 aliphatic rings. The van der Waals surface area contributed by atoms with E-state index in [9.17, 15) is 29.4 Å². The number of amides is 3. The first-order chi connectivity index (χ1) is 23.2. The van der Waals surface area contributed by atoms with Gasteiger partial charge in [-0.2, -0.15) is 0 Å². The van der Waals surface area contributed by atoms with Crippen molar-refractivity contribution in [1.82, 2.24) is 16.0 Å². The van der Waals surface area contributed by atoms with Crippen LogP contribution in [0.2, 0.25) is 0 Å². The summed E-state index contributed by atoms with van der Waals surface area (Å²) in [6.07, 6.45) is 0.283. The number of hydrogen-bond acceptors (Lipinski definition) is 5. The van der Waals surface area contributed by atoms with Crippen LogP contribution in [0.3, 0.4) is 0 Å². The fraction of sp³-hybridized carbons (Fsp3) is 0.179. The van der Waals surface area contributed by atoms with Crippen molar-refractivity contribution in [3.63, 3.8) is 0 Å². The van der Waals surface area contributed by atoms with Crippen LogP contribution >= 0.6 is 0 Å². The van der Waals surface area contributed by atoms with Gasteiger partial charge < -0.3 is 26.2 Å². The van der Waals surface area contributed by atoms with Gasteiger partial charge in [0, 0.05) is 19.3 Å². The third kappa shape index (κ3) is 9.53. The van der Waals surface area contributed by atoms with Gasteiger partial charge in [0.25, 0.3) is 0 Å². The molecule has 9 nitrogen and oxygen atoms in total. The van der Waals surface area contributed by atoms with Gasteiger partial charge in [-0.25, -0.2) is 4.79 Å². The molecule has 244 valence electrons. The predicted molar refractivity (Wildman–Crippen MR) is 183 cm³/mol. The number of phenolic OH excluding ortho intramolecular Hbond substituents is 1. The Kier molecular flexibility index (Phi) is 11.2. The van der Waals surface area contributed by atoms with E-state index in [1.165, 1.54) is 12.1 Å². The maximum absolute atomic E-state index is 13.9. The lowest BCUT2D eigenvalue weighted by atomic mass is 10.0. The summed E-state index contributed by atoms with van der Waals surface area (Å²) >= 11 is 0. The van der Waals surface area contributed by atoms with Crippen molar-refractivity contribution in [2.24, 2.45) is 0 Å². The fourth-order valence-electron chi connectivity index (χ4n) is 5.51. The Labute approximate surface area is 278 Å². The first-order valence-electron chi connectivity index (χ1n) is 15.7. The molecule has 48 heavy (non-hydrogen) atoms. The number of benzene rings is 5. The molecule has 0 spiro atoms. The van der Waals surface area contributed by atoms with Crippen LogP contribution in [0.5, 0.6) is 5.75 Å². The van der Waals surface area contributed by atoms with Crippen LogP contribution < -0.4 is 16.0 Å². The van der Waals surface area contributed by atoms with Gasteiger partial charge in [0.05, 0.1) is 6.42 Å². The summed E-state index contributed by atoms with van der Waals surface area (Å²) in [7, 11) is 0. The minimum absolute atomic E-state index is 0.0329. The van der Waals surface area contributed by atoms with Crippen LogP contribution in [-0.4, -0.2) is 52.0 Å². The number of carbonyl (C=O) groups excluding carboxylic acids is 3. The Morgan fingerprint density at radius 3 is 1.54 bits per heavy atom. The van der Waals surface area contributed by atoms with Gasteiger partial charge >= 0.3 is 5.97 Å². The van der Waals surface area contributed by atoms with Gasteiger partial charge in [-0.1, -0.05) is 115 Å². The smallest absolute Gasteiger partial charge is 0.326 e. The minimum atomic E-state index is -1.29. The number of carbonyl (C=O) groups is 4. The average molecular weight is 644 g/mol. The first kappa shape index (κ1) is 33.4. The highest BCUT2D eigenvalue weighted by molar-refractivity contribution is 5.94. The number of aliphatic carboxylic acids is 1. The molecular weight excluding hydrogens is 606 g/mol. The van der Waals surface area contributed by atoms with Crippen molar-refractivity contribution in [3.8, 4) is 5.75 Å². The number of carboxylic acids is 1. The molecule has 5 N–H and O–H groups in total. The van der Waals surface area contributed by atoms with Crippen LogP contribution in [0.1, 0.15) is 22.3 Å². The third-order valence-electron chi connectivity index (χ3n) is 8.02. The number of rotatable bonds is 14. The van der Waals surface area contributed by atoms with Gasteiger partial charge in [0.15, 0.2) is 0 Å². The molecule has 0 bridgehead atoms. The van der Waals surface area contributed by atoms with Crippen LogP contribution in [0.25, 0.3) is 10.8 Å². The zero-order valence-electron chi connectivity index (χ0n) is 26.2. The fourth-order valence-corrected chi connectivity index (χ4v) is 5.51. The van der Waals surface area contributed by atoms with Crippen molar-refractivity contribution >= 4 is 34.5 Å². The summed E-state index contributed by atoms with van der Waals surface area (Å²) in [5.74, 6) is -2.82. The summed E-state index contributed by atoms with van der Waals surface area (Å²) in [6, 6.07) is 34.5. The summed E-state index contributed by atoms with van der Waals surface area (Å²) in [5.41, 5.74) is 2.96. The van der Waals surface area contributed by atoms with Gasteiger partial charge in [0.2, 0.25) is 17.7 Å². The molecule has 3 amide bonds. The van der Waals surface area contributed by atoms with E-state index < -0.39 is 35.9 Å². The van der Waals surface area contributed by atoms with E-state index in [4.69, 9.17) is 0 Å². The Morgan fingerprint density at radius 1 is 0.500 bits per heavy atom. The molecule has 2 unspecified atom stereocenters. The van der Waals surface area contributed by atoms with Gasteiger partial charge in [-0.15, -0.1) is 0 Å². The molecule has 5 aromatic carbocycles. The van der Waals surface area contributed by atoms with Gasteiger partial charge in [-0.3, -0.25) is 14.4 Å². The van der Waals surface area contributed by atoms with Crippen molar-refractivity contribution < 1.29 is 29.4 Å². The largest absolute Gasteiger partial charge is 0.508 e. The van der Waals surface area contributed by atoms with E-state index >= 15 is 0 Å². The number of aromatic hydroxyl groups is 1. The van der Waals surface area contributed by atoms with Crippen molar-refractivity contribution in [1.29, 1.82) is 0 Å². The molecule has 0 aromatic heterocycles. The highest BCUT2D eigenvalue weighted by Crippen LogP contribution is 2.17. The third-order valence-corrected chi connectivity index (χ3v) is 8.02. The summed E-state index contributed by atoms with van der Waals surface area (Å²) < 4.78 is 0. The zero-order chi connectivity index (χ0) is 33.9. The Bertz CT molecular complexity index is 1860. The lowest BCUT2D eigenvalue weighted by molar-refractivity contribution is -0.142. The molecule has 0 aliphatic heterocycles. The van der Waals surface area contributed by atoms with Crippen molar-refractivity contribution in [2.75, 3.05) is 0 Å². The van der Waals surface area contributed by atoms with Crippen LogP contribution in [0, 0.1) is 0 Å². The standard InChI is InChI=1S/C39H37N3O6/c43-32-19-16-28(17-20-32)24-35(39(47)48)42-38(46)34(23-27-11-5-2-6-12-27)41-37(45)33(22-26-9-3-1-4-10-26)40-36(44)25-29-15-18-30-13-7-8-14-31(30)21-29/h1-21,33-35,43H,22-25H2,(H,40,44)(H,41,45)(H,42,46)(H,47,48)/t33?,34-,35?/m0/s1. The monoisotopic (exact) mass is 643 g/mol. The van der Waals surface area contributed by atoms with Crippen molar-refractivity contribution in [2.45, 2.75) is 43.8 Å². The number of nitrogens with one attached hydrogen (secondary N) is 3. The van der Waals surface area contributed by atoms with E-state index in [-0.39, 0.29) is 37.3 Å². The van der Waals surface area contributed by atoms with E-state index in [0.29, 0.717) is 5.56 Å². The molecule has 0 saturated carbocycles. The quantitative estimate of drug-likeness (QED) is 0.122. The van der Waals surface area contributed by atoms with E-state index in [1.54, 1.807) is 12.1 Å². The topological polar surface area (TPSA) is 145 Å². The second kappa shape index (κ2) is 16.0. The summed E-state index contributed by atoms with van der Waals surface area (Å²) in [4.78, 5) is 53.1. The number of hydrogen-bond donors (Lipinski definition) is 5. The highest BCUT2D eigenvalue weighted by atomic mass is 16.4.